The van der Waals surface area contributed by atoms with Crippen molar-refractivity contribution in [2.75, 3.05) is 18.4 Å². The second-order valence-corrected chi connectivity index (χ2v) is 7.29. The van der Waals surface area contributed by atoms with Gasteiger partial charge in [-0.15, -0.1) is 0 Å². The van der Waals surface area contributed by atoms with Crippen molar-refractivity contribution in [2.45, 2.75) is 32.2 Å². The number of rotatable bonds is 5. The van der Waals surface area contributed by atoms with E-state index in [-0.39, 0.29) is 0 Å². The summed E-state index contributed by atoms with van der Waals surface area (Å²) in [5, 5.41) is 3.33. The lowest BCUT2D eigenvalue weighted by Crippen LogP contribution is -2.34. The molecule has 1 atom stereocenters. The minimum atomic E-state index is 0.521. The van der Waals surface area contributed by atoms with E-state index in [0.717, 1.165) is 42.8 Å². The number of piperidine rings is 1. The first-order valence-electron chi connectivity index (χ1n) is 9.52. The van der Waals surface area contributed by atoms with Crippen LogP contribution >= 0.6 is 0 Å². The van der Waals surface area contributed by atoms with E-state index in [4.69, 9.17) is 0 Å². The van der Waals surface area contributed by atoms with Gasteiger partial charge in [0.1, 0.15) is 17.5 Å². The van der Waals surface area contributed by atoms with Crippen molar-refractivity contribution in [1.29, 1.82) is 0 Å². The summed E-state index contributed by atoms with van der Waals surface area (Å²) in [5.41, 5.74) is 2.33. The Bertz CT molecular complexity index is 903. The standard InChI is InChI=1S/C21H26N6/c1-16-5-3-7-19(24-16)25-20-13-17(8-9-22-20)18-6-4-11-27(14-18)15-21-23-10-12-26(21)2/h3,5,7-10,12-13,18H,4,6,11,14-15H2,1-2H3,(H,22,24,25)/t18-/m0/s1. The molecule has 0 aromatic carbocycles. The van der Waals surface area contributed by atoms with Crippen LogP contribution in [0.15, 0.2) is 48.9 Å². The molecule has 1 aliphatic heterocycles. The molecule has 27 heavy (non-hydrogen) atoms. The van der Waals surface area contributed by atoms with Crippen molar-refractivity contribution in [3.8, 4) is 0 Å². The van der Waals surface area contributed by atoms with Gasteiger partial charge in [0, 0.05) is 37.9 Å². The first kappa shape index (κ1) is 17.7. The Kier molecular flexibility index (Phi) is 5.16. The summed E-state index contributed by atoms with van der Waals surface area (Å²) < 4.78 is 2.10. The van der Waals surface area contributed by atoms with Gasteiger partial charge in [-0.05, 0) is 62.1 Å². The summed E-state index contributed by atoms with van der Waals surface area (Å²) in [5.74, 6) is 3.33. The number of pyridine rings is 2. The normalized spacial score (nSPS) is 17.8. The van der Waals surface area contributed by atoms with E-state index in [0.29, 0.717) is 5.92 Å². The van der Waals surface area contributed by atoms with Gasteiger partial charge in [0.25, 0.3) is 0 Å². The molecule has 0 aliphatic carbocycles. The zero-order valence-electron chi connectivity index (χ0n) is 16.0. The molecule has 140 valence electrons. The molecule has 3 aromatic rings. The zero-order chi connectivity index (χ0) is 18.6. The summed E-state index contributed by atoms with van der Waals surface area (Å²) in [6.07, 6.45) is 8.20. The van der Waals surface area contributed by atoms with Gasteiger partial charge in [0.2, 0.25) is 0 Å². The fraction of sp³-hybridized carbons (Fsp3) is 0.381. The van der Waals surface area contributed by atoms with Crippen molar-refractivity contribution in [3.63, 3.8) is 0 Å². The average molecular weight is 362 g/mol. The van der Waals surface area contributed by atoms with Crippen LogP contribution < -0.4 is 5.32 Å². The quantitative estimate of drug-likeness (QED) is 0.751. The second kappa shape index (κ2) is 7.88. The lowest BCUT2D eigenvalue weighted by atomic mass is 9.91. The number of aromatic nitrogens is 4. The van der Waals surface area contributed by atoms with Crippen LogP contribution in [0.5, 0.6) is 0 Å². The van der Waals surface area contributed by atoms with Gasteiger partial charge in [0.05, 0.1) is 6.54 Å². The lowest BCUT2D eigenvalue weighted by molar-refractivity contribution is 0.194. The smallest absolute Gasteiger partial charge is 0.131 e. The number of nitrogens with zero attached hydrogens (tertiary/aromatic N) is 5. The monoisotopic (exact) mass is 362 g/mol. The molecule has 1 N–H and O–H groups in total. The molecule has 0 unspecified atom stereocenters. The van der Waals surface area contributed by atoms with E-state index in [9.17, 15) is 0 Å². The molecule has 0 radical (unpaired) electrons. The molecule has 0 amide bonds. The largest absolute Gasteiger partial charge is 0.337 e. The van der Waals surface area contributed by atoms with Crippen molar-refractivity contribution in [2.24, 2.45) is 7.05 Å². The number of nitrogens with one attached hydrogen (secondary N) is 1. The van der Waals surface area contributed by atoms with Crippen molar-refractivity contribution < 1.29 is 0 Å². The van der Waals surface area contributed by atoms with Crippen LogP contribution in [0, 0.1) is 6.92 Å². The number of likely N-dealkylation sites (tertiary alicyclic amines) is 1. The van der Waals surface area contributed by atoms with E-state index >= 15 is 0 Å². The van der Waals surface area contributed by atoms with E-state index in [2.05, 4.69) is 48.9 Å². The molecule has 4 rings (SSSR count). The maximum Gasteiger partial charge on any atom is 0.131 e. The Balaban J connectivity index is 1.45. The highest BCUT2D eigenvalue weighted by molar-refractivity contribution is 5.52. The van der Waals surface area contributed by atoms with Crippen LogP contribution in [-0.2, 0) is 13.6 Å². The predicted octanol–water partition coefficient (Wildman–Crippen LogP) is 3.64. The number of imidazole rings is 1. The molecule has 3 aromatic heterocycles. The number of anilines is 2. The molecule has 1 aliphatic rings. The first-order valence-corrected chi connectivity index (χ1v) is 9.52. The highest BCUT2D eigenvalue weighted by Crippen LogP contribution is 2.29. The SMILES string of the molecule is Cc1cccc(Nc2cc([C@H]3CCCN(Cc4nccn4C)C3)ccn2)n1. The van der Waals surface area contributed by atoms with E-state index in [1.165, 1.54) is 18.4 Å². The fourth-order valence-electron chi connectivity index (χ4n) is 3.73. The Hall–Kier alpha value is -2.73. The summed E-state index contributed by atoms with van der Waals surface area (Å²) in [7, 11) is 2.06. The maximum absolute atomic E-state index is 4.50. The van der Waals surface area contributed by atoms with Crippen LogP contribution in [0.2, 0.25) is 0 Å². The minimum Gasteiger partial charge on any atom is -0.337 e. The van der Waals surface area contributed by atoms with Crippen molar-refractivity contribution in [3.05, 3.63) is 66.0 Å². The first-order chi connectivity index (χ1) is 13.2. The molecule has 4 heterocycles. The van der Waals surface area contributed by atoms with Crippen molar-refractivity contribution in [1.82, 2.24) is 24.4 Å². The Morgan fingerprint density at radius 1 is 1.15 bits per heavy atom. The topological polar surface area (TPSA) is 58.9 Å². The van der Waals surface area contributed by atoms with Crippen molar-refractivity contribution >= 4 is 11.6 Å². The second-order valence-electron chi connectivity index (χ2n) is 7.29. The Labute approximate surface area is 160 Å². The average Bonchev–Trinajstić information content (AvgIpc) is 3.07. The van der Waals surface area contributed by atoms with Crippen LogP contribution in [0.25, 0.3) is 0 Å². The number of hydrogen-bond acceptors (Lipinski definition) is 5. The third kappa shape index (κ3) is 4.34. The van der Waals surface area contributed by atoms with Gasteiger partial charge in [0.15, 0.2) is 0 Å². The number of aryl methyl sites for hydroxylation is 2. The fourth-order valence-corrected chi connectivity index (χ4v) is 3.73. The predicted molar refractivity (Wildman–Crippen MR) is 107 cm³/mol. The molecule has 1 fully saturated rings. The van der Waals surface area contributed by atoms with Crippen LogP contribution in [0.3, 0.4) is 0 Å². The summed E-state index contributed by atoms with van der Waals surface area (Å²) >= 11 is 0. The molecular weight excluding hydrogens is 336 g/mol. The van der Waals surface area contributed by atoms with Crippen LogP contribution in [-0.4, -0.2) is 37.5 Å². The third-order valence-corrected chi connectivity index (χ3v) is 5.19. The van der Waals surface area contributed by atoms with Gasteiger partial charge in [-0.1, -0.05) is 6.07 Å². The van der Waals surface area contributed by atoms with Gasteiger partial charge < -0.3 is 9.88 Å². The summed E-state index contributed by atoms with van der Waals surface area (Å²) in [6, 6.07) is 10.3. The van der Waals surface area contributed by atoms with Gasteiger partial charge in [-0.25, -0.2) is 15.0 Å². The minimum absolute atomic E-state index is 0.521. The third-order valence-electron chi connectivity index (χ3n) is 5.19. The highest BCUT2D eigenvalue weighted by atomic mass is 15.2. The maximum atomic E-state index is 4.50. The Morgan fingerprint density at radius 3 is 2.89 bits per heavy atom. The van der Waals surface area contributed by atoms with E-state index in [1.807, 2.05) is 43.7 Å². The van der Waals surface area contributed by atoms with Gasteiger partial charge in [-0.2, -0.15) is 0 Å². The molecule has 1 saturated heterocycles. The molecule has 6 heteroatoms. The van der Waals surface area contributed by atoms with Crippen LogP contribution in [0.4, 0.5) is 11.6 Å². The van der Waals surface area contributed by atoms with E-state index in [1.54, 1.807) is 0 Å². The molecule has 0 saturated carbocycles. The zero-order valence-corrected chi connectivity index (χ0v) is 16.0. The van der Waals surface area contributed by atoms with Gasteiger partial charge in [-0.3, -0.25) is 4.90 Å². The van der Waals surface area contributed by atoms with Crippen LogP contribution in [0.1, 0.15) is 35.8 Å². The summed E-state index contributed by atoms with van der Waals surface area (Å²) in [6.45, 7) is 5.09. The Morgan fingerprint density at radius 2 is 2.07 bits per heavy atom. The highest BCUT2D eigenvalue weighted by Gasteiger charge is 2.22. The van der Waals surface area contributed by atoms with E-state index < -0.39 is 0 Å². The molecule has 0 bridgehead atoms. The number of hydrogen-bond donors (Lipinski definition) is 1. The molecular formula is C21H26N6. The van der Waals surface area contributed by atoms with Gasteiger partial charge >= 0.3 is 0 Å². The molecule has 6 nitrogen and oxygen atoms in total. The lowest BCUT2D eigenvalue weighted by Gasteiger charge is -2.32. The molecule has 0 spiro atoms. The summed E-state index contributed by atoms with van der Waals surface area (Å²) in [4.78, 5) is 16.0.